The Kier molecular flexibility index (Phi) is 5.75. The second kappa shape index (κ2) is 8.59. The van der Waals surface area contributed by atoms with Crippen molar-refractivity contribution in [2.45, 2.75) is 6.42 Å². The van der Waals surface area contributed by atoms with E-state index in [1.54, 1.807) is 54.7 Å². The largest absolute Gasteiger partial charge is 0.383 e. The van der Waals surface area contributed by atoms with Gasteiger partial charge in [0.2, 0.25) is 0 Å². The lowest BCUT2D eigenvalue weighted by atomic mass is 10.1. The topological polar surface area (TPSA) is 77.8 Å². The monoisotopic (exact) mass is 360 g/mol. The van der Waals surface area contributed by atoms with Crippen LogP contribution in [0.5, 0.6) is 0 Å². The maximum absolute atomic E-state index is 12.9. The van der Waals surface area contributed by atoms with E-state index >= 15 is 0 Å². The summed E-state index contributed by atoms with van der Waals surface area (Å²) in [6, 6.07) is 18.5. The van der Waals surface area contributed by atoms with Crippen LogP contribution in [0.2, 0.25) is 0 Å². The van der Waals surface area contributed by atoms with Crippen molar-refractivity contribution >= 4 is 17.3 Å². The Labute approximate surface area is 156 Å². The van der Waals surface area contributed by atoms with Crippen LogP contribution < -0.4 is 10.6 Å². The van der Waals surface area contributed by atoms with Crippen molar-refractivity contribution in [3.63, 3.8) is 0 Å². The van der Waals surface area contributed by atoms with Gasteiger partial charge >= 0.3 is 0 Å². The molecule has 0 saturated carbocycles. The van der Waals surface area contributed by atoms with E-state index < -0.39 is 0 Å². The van der Waals surface area contributed by atoms with Gasteiger partial charge < -0.3 is 10.6 Å². The normalized spacial score (nSPS) is 10.1. The zero-order valence-electron chi connectivity index (χ0n) is 14.4. The van der Waals surface area contributed by atoms with Gasteiger partial charge in [-0.15, -0.1) is 0 Å². The number of carbonyl (C=O) groups excluding carboxylic acids is 1. The van der Waals surface area contributed by atoms with Gasteiger partial charge in [0.15, 0.2) is 0 Å². The van der Waals surface area contributed by atoms with E-state index in [2.05, 4.69) is 15.6 Å². The Morgan fingerprint density at radius 2 is 1.89 bits per heavy atom. The van der Waals surface area contributed by atoms with E-state index in [-0.39, 0.29) is 17.4 Å². The third-order valence-electron chi connectivity index (χ3n) is 3.90. The molecule has 0 saturated heterocycles. The summed E-state index contributed by atoms with van der Waals surface area (Å²) in [5.74, 6) is -0.591. The summed E-state index contributed by atoms with van der Waals surface area (Å²) in [4.78, 5) is 16.4. The van der Waals surface area contributed by atoms with E-state index in [1.165, 1.54) is 12.1 Å². The summed E-state index contributed by atoms with van der Waals surface area (Å²) >= 11 is 0. The molecule has 0 unspecified atom stereocenters. The van der Waals surface area contributed by atoms with Gasteiger partial charge in [0, 0.05) is 12.2 Å². The number of benzene rings is 2. The van der Waals surface area contributed by atoms with Crippen molar-refractivity contribution in [1.29, 1.82) is 5.26 Å². The van der Waals surface area contributed by atoms with Crippen LogP contribution in [-0.2, 0) is 6.42 Å². The molecule has 1 aromatic heterocycles. The van der Waals surface area contributed by atoms with Gasteiger partial charge in [-0.05, 0) is 54.4 Å². The first kappa shape index (κ1) is 18.1. The van der Waals surface area contributed by atoms with Crippen LogP contribution in [0.3, 0.4) is 0 Å². The molecule has 0 aliphatic carbocycles. The average molecular weight is 360 g/mol. The highest BCUT2D eigenvalue weighted by Crippen LogP contribution is 2.12. The van der Waals surface area contributed by atoms with Crippen LogP contribution in [0.1, 0.15) is 21.6 Å². The van der Waals surface area contributed by atoms with Crippen molar-refractivity contribution in [3.8, 4) is 6.07 Å². The Balaban J connectivity index is 1.53. The van der Waals surface area contributed by atoms with Gasteiger partial charge in [-0.1, -0.05) is 18.2 Å². The first-order valence-electron chi connectivity index (χ1n) is 8.40. The number of nitriles is 1. The number of pyridine rings is 1. The molecule has 0 atom stereocenters. The molecule has 0 radical (unpaired) electrons. The minimum atomic E-state index is -0.344. The maximum atomic E-state index is 12.9. The van der Waals surface area contributed by atoms with Gasteiger partial charge in [-0.25, -0.2) is 9.37 Å². The fourth-order valence-corrected chi connectivity index (χ4v) is 2.50. The summed E-state index contributed by atoms with van der Waals surface area (Å²) in [5, 5.41) is 14.8. The molecule has 134 valence electrons. The van der Waals surface area contributed by atoms with Crippen LogP contribution in [0.4, 0.5) is 15.8 Å². The Hall–Kier alpha value is -3.72. The molecular formula is C21H17FN4O. The zero-order chi connectivity index (χ0) is 19.1. The molecule has 1 amide bonds. The summed E-state index contributed by atoms with van der Waals surface area (Å²) in [6.45, 7) is 0.666. The lowest BCUT2D eigenvalue weighted by molar-refractivity contribution is 0.102. The number of carbonyl (C=O) groups is 1. The Bertz CT molecular complexity index is 963. The molecule has 3 aromatic rings. The highest BCUT2D eigenvalue weighted by Gasteiger charge is 2.08. The minimum absolute atomic E-state index is 0.246. The molecule has 2 aromatic carbocycles. The smallest absolute Gasteiger partial charge is 0.274 e. The Morgan fingerprint density at radius 3 is 2.59 bits per heavy atom. The van der Waals surface area contributed by atoms with E-state index in [9.17, 15) is 9.18 Å². The number of rotatable bonds is 6. The van der Waals surface area contributed by atoms with Crippen molar-refractivity contribution in [1.82, 2.24) is 4.98 Å². The third-order valence-corrected chi connectivity index (χ3v) is 3.90. The Morgan fingerprint density at radius 1 is 1.07 bits per heavy atom. The van der Waals surface area contributed by atoms with Crippen LogP contribution >= 0.6 is 0 Å². The van der Waals surface area contributed by atoms with Crippen LogP contribution in [0, 0.1) is 17.1 Å². The van der Waals surface area contributed by atoms with Crippen LogP contribution in [0.15, 0.2) is 66.9 Å². The number of anilines is 2. The first-order chi connectivity index (χ1) is 13.1. The third kappa shape index (κ3) is 5.13. The standard InChI is InChI=1S/C21H17FN4O/c22-17-6-4-15(5-7-17)10-11-24-19-8-9-20(25-14-19)21(27)26-18-3-1-2-16(12-18)13-23/h1-9,12,14,24H,10-11H2,(H,26,27). The molecule has 0 fully saturated rings. The summed E-state index contributed by atoms with van der Waals surface area (Å²) in [6.07, 6.45) is 2.34. The predicted octanol–water partition coefficient (Wildman–Crippen LogP) is 4.00. The second-order valence-corrected chi connectivity index (χ2v) is 5.88. The highest BCUT2D eigenvalue weighted by atomic mass is 19.1. The van der Waals surface area contributed by atoms with Crippen molar-refractivity contribution in [3.05, 3.63) is 89.5 Å². The van der Waals surface area contributed by atoms with Gasteiger partial charge in [0.25, 0.3) is 5.91 Å². The fourth-order valence-electron chi connectivity index (χ4n) is 2.50. The average Bonchev–Trinajstić information content (AvgIpc) is 2.70. The molecule has 2 N–H and O–H groups in total. The lowest BCUT2D eigenvalue weighted by Gasteiger charge is -2.08. The molecular weight excluding hydrogens is 343 g/mol. The molecule has 0 spiro atoms. The second-order valence-electron chi connectivity index (χ2n) is 5.88. The number of amides is 1. The maximum Gasteiger partial charge on any atom is 0.274 e. The SMILES string of the molecule is N#Cc1cccc(NC(=O)c2ccc(NCCc3ccc(F)cc3)cn2)c1. The van der Waals surface area contributed by atoms with E-state index in [0.717, 1.165) is 17.7 Å². The quantitative estimate of drug-likeness (QED) is 0.696. The molecule has 0 aliphatic rings. The van der Waals surface area contributed by atoms with Crippen molar-refractivity contribution in [2.24, 2.45) is 0 Å². The molecule has 6 heteroatoms. The number of nitrogens with zero attached hydrogens (tertiary/aromatic N) is 2. The lowest BCUT2D eigenvalue weighted by Crippen LogP contribution is -2.14. The molecule has 27 heavy (non-hydrogen) atoms. The van der Waals surface area contributed by atoms with E-state index in [4.69, 9.17) is 5.26 Å². The molecule has 0 bridgehead atoms. The fraction of sp³-hybridized carbons (Fsp3) is 0.0952. The van der Waals surface area contributed by atoms with Crippen molar-refractivity contribution < 1.29 is 9.18 Å². The van der Waals surface area contributed by atoms with Crippen molar-refractivity contribution in [2.75, 3.05) is 17.2 Å². The van der Waals surface area contributed by atoms with E-state index in [1.807, 2.05) is 6.07 Å². The molecule has 3 rings (SSSR count). The minimum Gasteiger partial charge on any atom is -0.383 e. The number of halogens is 1. The van der Waals surface area contributed by atoms with Gasteiger partial charge in [-0.3, -0.25) is 4.79 Å². The molecule has 5 nitrogen and oxygen atoms in total. The van der Waals surface area contributed by atoms with Crippen LogP contribution in [0.25, 0.3) is 0 Å². The number of hydrogen-bond donors (Lipinski definition) is 2. The van der Waals surface area contributed by atoms with Gasteiger partial charge in [-0.2, -0.15) is 5.26 Å². The predicted molar refractivity (Wildman–Crippen MR) is 102 cm³/mol. The summed E-state index contributed by atoms with van der Waals surface area (Å²) < 4.78 is 12.9. The van der Waals surface area contributed by atoms with E-state index in [0.29, 0.717) is 17.8 Å². The zero-order valence-corrected chi connectivity index (χ0v) is 14.4. The van der Waals surface area contributed by atoms with Gasteiger partial charge in [0.05, 0.1) is 23.5 Å². The number of hydrogen-bond acceptors (Lipinski definition) is 4. The first-order valence-corrected chi connectivity index (χ1v) is 8.40. The highest BCUT2D eigenvalue weighted by molar-refractivity contribution is 6.03. The van der Waals surface area contributed by atoms with Gasteiger partial charge in [0.1, 0.15) is 11.5 Å². The van der Waals surface area contributed by atoms with Crippen LogP contribution in [-0.4, -0.2) is 17.4 Å². The summed E-state index contributed by atoms with van der Waals surface area (Å²) in [5.41, 5.74) is 3.12. The number of aromatic nitrogens is 1. The summed E-state index contributed by atoms with van der Waals surface area (Å²) in [7, 11) is 0. The molecule has 1 heterocycles. The number of nitrogens with one attached hydrogen (secondary N) is 2. The molecule has 0 aliphatic heterocycles.